The maximum absolute atomic E-state index is 12.4. The number of hydrogen-bond acceptors (Lipinski definition) is 5. The third-order valence-electron chi connectivity index (χ3n) is 4.66. The van der Waals surface area contributed by atoms with Crippen LogP contribution in [0.1, 0.15) is 21.7 Å². The van der Waals surface area contributed by atoms with Crippen LogP contribution in [0, 0.1) is 0 Å². The van der Waals surface area contributed by atoms with Crippen molar-refractivity contribution < 1.29 is 22.4 Å². The van der Waals surface area contributed by atoms with E-state index in [4.69, 9.17) is 9.15 Å². The molecule has 4 rings (SSSR count). The summed E-state index contributed by atoms with van der Waals surface area (Å²) in [6.45, 7) is 0.176. The van der Waals surface area contributed by atoms with Gasteiger partial charge >= 0.3 is 5.97 Å². The van der Waals surface area contributed by atoms with Crippen molar-refractivity contribution in [2.75, 3.05) is 0 Å². The fourth-order valence-corrected chi connectivity index (χ4v) is 4.07. The lowest BCUT2D eigenvalue weighted by molar-refractivity contribution is 0.0474. The van der Waals surface area contributed by atoms with Crippen LogP contribution in [-0.2, 0) is 27.9 Å². The maximum Gasteiger partial charge on any atom is 0.338 e. The SMILES string of the molecule is O=C(OCc1cccc2ccccc12)c1ccc(S(=O)(=O)NCc2ccco2)cc1. The van der Waals surface area contributed by atoms with Crippen molar-refractivity contribution in [1.82, 2.24) is 4.72 Å². The summed E-state index contributed by atoms with van der Waals surface area (Å²) in [5.41, 5.74) is 1.18. The molecular formula is C23H19NO5S. The first-order valence-corrected chi connectivity index (χ1v) is 10.8. The highest BCUT2D eigenvalue weighted by molar-refractivity contribution is 7.89. The van der Waals surface area contributed by atoms with E-state index < -0.39 is 16.0 Å². The Morgan fingerprint density at radius 3 is 2.43 bits per heavy atom. The Balaban J connectivity index is 1.41. The number of nitrogens with one attached hydrogen (secondary N) is 1. The van der Waals surface area contributed by atoms with E-state index in [2.05, 4.69) is 4.72 Å². The normalized spacial score (nSPS) is 11.5. The van der Waals surface area contributed by atoms with E-state index in [1.54, 1.807) is 12.1 Å². The van der Waals surface area contributed by atoms with Gasteiger partial charge in [0.15, 0.2) is 0 Å². The van der Waals surface area contributed by atoms with Crippen LogP contribution in [0.2, 0.25) is 0 Å². The smallest absolute Gasteiger partial charge is 0.338 e. The second-order valence-electron chi connectivity index (χ2n) is 6.64. The van der Waals surface area contributed by atoms with Gasteiger partial charge in [0.2, 0.25) is 10.0 Å². The molecule has 0 radical (unpaired) electrons. The Bertz CT molecular complexity index is 1260. The van der Waals surface area contributed by atoms with Gasteiger partial charge in [-0.3, -0.25) is 0 Å². The second-order valence-corrected chi connectivity index (χ2v) is 8.41. The highest BCUT2D eigenvalue weighted by atomic mass is 32.2. The molecule has 0 saturated heterocycles. The maximum atomic E-state index is 12.4. The Hall–Kier alpha value is -3.42. The molecule has 30 heavy (non-hydrogen) atoms. The van der Waals surface area contributed by atoms with E-state index >= 15 is 0 Å². The molecule has 0 unspecified atom stereocenters. The van der Waals surface area contributed by atoms with E-state index in [1.165, 1.54) is 30.5 Å². The Morgan fingerprint density at radius 1 is 0.900 bits per heavy atom. The van der Waals surface area contributed by atoms with Gasteiger partial charge in [0, 0.05) is 0 Å². The van der Waals surface area contributed by atoms with Crippen molar-refractivity contribution in [3.8, 4) is 0 Å². The molecule has 0 aliphatic carbocycles. The third kappa shape index (κ3) is 4.42. The van der Waals surface area contributed by atoms with Gasteiger partial charge in [-0.05, 0) is 52.7 Å². The summed E-state index contributed by atoms with van der Waals surface area (Å²) in [7, 11) is -3.72. The van der Waals surface area contributed by atoms with Gasteiger partial charge in [0.05, 0.1) is 23.3 Å². The number of furan rings is 1. The Kier molecular flexibility index (Phi) is 5.65. The first-order chi connectivity index (χ1) is 14.5. The molecule has 1 N–H and O–H groups in total. The van der Waals surface area contributed by atoms with Crippen molar-refractivity contribution in [2.24, 2.45) is 0 Å². The topological polar surface area (TPSA) is 85.6 Å². The van der Waals surface area contributed by atoms with Gasteiger partial charge in [0.25, 0.3) is 0 Å². The predicted molar refractivity (Wildman–Crippen MR) is 112 cm³/mol. The fourth-order valence-electron chi connectivity index (χ4n) is 3.08. The fraction of sp³-hybridized carbons (Fsp3) is 0.0870. The van der Waals surface area contributed by atoms with Gasteiger partial charge in [-0.2, -0.15) is 0 Å². The van der Waals surface area contributed by atoms with E-state index in [0.29, 0.717) is 5.76 Å². The highest BCUT2D eigenvalue weighted by Gasteiger charge is 2.16. The summed E-state index contributed by atoms with van der Waals surface area (Å²) in [4.78, 5) is 12.5. The summed E-state index contributed by atoms with van der Waals surface area (Å²) in [5, 5.41) is 2.10. The van der Waals surface area contributed by atoms with Crippen molar-refractivity contribution in [2.45, 2.75) is 18.0 Å². The molecule has 0 spiro atoms. The molecular weight excluding hydrogens is 402 g/mol. The van der Waals surface area contributed by atoms with Crippen LogP contribution in [0.5, 0.6) is 0 Å². The number of rotatable bonds is 7. The monoisotopic (exact) mass is 421 g/mol. The minimum atomic E-state index is -3.72. The summed E-state index contributed by atoms with van der Waals surface area (Å²) in [6.07, 6.45) is 1.47. The van der Waals surface area contributed by atoms with Gasteiger partial charge in [-0.15, -0.1) is 0 Å². The van der Waals surface area contributed by atoms with Crippen LogP contribution in [0.4, 0.5) is 0 Å². The molecule has 6 nitrogen and oxygen atoms in total. The minimum Gasteiger partial charge on any atom is -0.468 e. The molecule has 0 amide bonds. The molecule has 152 valence electrons. The lowest BCUT2D eigenvalue weighted by Crippen LogP contribution is -2.23. The zero-order chi connectivity index (χ0) is 21.0. The Labute approximate surface area is 174 Å². The average molecular weight is 421 g/mol. The number of hydrogen-bond donors (Lipinski definition) is 1. The van der Waals surface area contributed by atoms with E-state index in [-0.39, 0.29) is 23.6 Å². The molecule has 4 aromatic rings. The lowest BCUT2D eigenvalue weighted by atomic mass is 10.1. The quantitative estimate of drug-likeness (QED) is 0.451. The highest BCUT2D eigenvalue weighted by Crippen LogP contribution is 2.20. The van der Waals surface area contributed by atoms with Crippen molar-refractivity contribution in [3.05, 3.63) is 102 Å². The number of benzene rings is 3. The first kappa shape index (κ1) is 19.9. The van der Waals surface area contributed by atoms with Gasteiger partial charge in [-0.25, -0.2) is 17.9 Å². The molecule has 0 fully saturated rings. The molecule has 0 saturated carbocycles. The summed E-state index contributed by atoms with van der Waals surface area (Å²) >= 11 is 0. The largest absolute Gasteiger partial charge is 0.468 e. The minimum absolute atomic E-state index is 0.0458. The number of carbonyl (C=O) groups excluding carboxylic acids is 1. The molecule has 7 heteroatoms. The van der Waals surface area contributed by atoms with E-state index in [1.807, 2.05) is 42.5 Å². The lowest BCUT2D eigenvalue weighted by Gasteiger charge is -2.09. The van der Waals surface area contributed by atoms with E-state index in [0.717, 1.165) is 16.3 Å². The number of esters is 1. The average Bonchev–Trinajstić information content (AvgIpc) is 3.30. The molecule has 1 heterocycles. The number of carbonyl (C=O) groups is 1. The van der Waals surface area contributed by atoms with Gasteiger partial charge < -0.3 is 9.15 Å². The molecule has 0 aliphatic heterocycles. The zero-order valence-electron chi connectivity index (χ0n) is 15.9. The van der Waals surface area contributed by atoms with Gasteiger partial charge in [0.1, 0.15) is 12.4 Å². The van der Waals surface area contributed by atoms with Crippen LogP contribution in [0.15, 0.2) is 94.4 Å². The summed E-state index contributed by atoms with van der Waals surface area (Å²) < 4.78 is 37.7. The Morgan fingerprint density at radius 2 is 1.67 bits per heavy atom. The number of fused-ring (bicyclic) bond motifs is 1. The molecule has 0 bridgehead atoms. The second kappa shape index (κ2) is 8.52. The number of sulfonamides is 1. The van der Waals surface area contributed by atoms with Crippen molar-refractivity contribution in [1.29, 1.82) is 0 Å². The van der Waals surface area contributed by atoms with Crippen LogP contribution in [0.25, 0.3) is 10.8 Å². The summed E-state index contributed by atoms with van der Waals surface area (Å²) in [6, 6.07) is 22.7. The van der Waals surface area contributed by atoms with Crippen molar-refractivity contribution >= 4 is 26.8 Å². The van der Waals surface area contributed by atoms with Crippen LogP contribution in [0.3, 0.4) is 0 Å². The van der Waals surface area contributed by atoms with Crippen LogP contribution >= 0.6 is 0 Å². The van der Waals surface area contributed by atoms with Gasteiger partial charge in [-0.1, -0.05) is 42.5 Å². The third-order valence-corrected chi connectivity index (χ3v) is 6.07. The predicted octanol–water partition coefficient (Wildman–Crippen LogP) is 4.27. The molecule has 0 atom stereocenters. The molecule has 1 aromatic heterocycles. The van der Waals surface area contributed by atoms with Crippen LogP contribution < -0.4 is 4.72 Å². The number of ether oxygens (including phenoxy) is 1. The first-order valence-electron chi connectivity index (χ1n) is 9.29. The van der Waals surface area contributed by atoms with Crippen molar-refractivity contribution in [3.63, 3.8) is 0 Å². The molecule has 3 aromatic carbocycles. The van der Waals surface area contributed by atoms with Crippen LogP contribution in [-0.4, -0.2) is 14.4 Å². The standard InChI is InChI=1S/C23H19NO5S/c25-23(29-16-19-7-3-6-17-5-1-2-9-22(17)19)18-10-12-21(13-11-18)30(26,27)24-15-20-8-4-14-28-20/h1-14,24H,15-16H2. The van der Waals surface area contributed by atoms with E-state index in [9.17, 15) is 13.2 Å². The molecule has 0 aliphatic rings. The zero-order valence-corrected chi connectivity index (χ0v) is 16.8. The summed E-state index contributed by atoms with van der Waals surface area (Å²) in [5.74, 6) is -0.0114.